The van der Waals surface area contributed by atoms with Crippen molar-refractivity contribution in [1.29, 1.82) is 0 Å². The molecule has 200 valence electrons. The fourth-order valence-electron chi connectivity index (χ4n) is 3.55. The Hall–Kier alpha value is -1.90. The number of benzene rings is 2. The summed E-state index contributed by atoms with van der Waals surface area (Å²) in [5.74, 6) is -2.95. The van der Waals surface area contributed by atoms with E-state index in [0.717, 1.165) is 11.1 Å². The van der Waals surface area contributed by atoms with Crippen LogP contribution in [0.15, 0.2) is 58.3 Å². The van der Waals surface area contributed by atoms with Gasteiger partial charge < -0.3 is 18.9 Å². The minimum atomic E-state index is -4.14. The molecule has 0 aliphatic carbocycles. The van der Waals surface area contributed by atoms with Gasteiger partial charge in [0.15, 0.2) is 0 Å². The molecule has 1 heterocycles. The molecule has 1 fully saturated rings. The second-order valence-electron chi connectivity index (χ2n) is 8.72. The van der Waals surface area contributed by atoms with E-state index in [1.165, 1.54) is 38.5 Å². The minimum absolute atomic E-state index is 0.0317. The number of ether oxygens (including phenoxy) is 4. The highest BCUT2D eigenvalue weighted by atomic mass is 32.2. The molecule has 10 nitrogen and oxygen atoms in total. The summed E-state index contributed by atoms with van der Waals surface area (Å²) < 4.78 is 84.5. The molecule has 0 aromatic heterocycles. The van der Waals surface area contributed by atoms with E-state index in [9.17, 15) is 16.8 Å². The van der Waals surface area contributed by atoms with Gasteiger partial charge in [0.25, 0.3) is 20.2 Å². The second-order valence-corrected chi connectivity index (χ2v) is 11.9. The lowest BCUT2D eigenvalue weighted by atomic mass is 10.0. The third kappa shape index (κ3) is 6.14. The molecule has 1 aliphatic rings. The normalized spacial score (nSPS) is 27.2. The van der Waals surface area contributed by atoms with Gasteiger partial charge in [-0.3, -0.25) is 8.37 Å². The van der Waals surface area contributed by atoms with E-state index in [1.54, 1.807) is 38.1 Å². The number of methoxy groups -OCH3 is 2. The maximum Gasteiger partial charge on any atom is 0.297 e. The van der Waals surface area contributed by atoms with Gasteiger partial charge in [0, 0.05) is 14.2 Å². The van der Waals surface area contributed by atoms with Crippen LogP contribution >= 0.6 is 0 Å². The Kier molecular flexibility index (Phi) is 8.63. The smallest absolute Gasteiger partial charge is 0.297 e. The standard InChI is InChI=1S/C24H32O10S2/c1-17-7-11-19(12-8-17)35(25,26)31-15-21-22(34-24(4,30-6)23(3,29-5)33-21)16-32-36(27,28)20-13-9-18(2)10-14-20/h7-14,21-22H,15-16H2,1-6H3/t21-,22-,23-,24+/m0/s1. The molecule has 0 saturated carbocycles. The van der Waals surface area contributed by atoms with Crippen LogP contribution in [0, 0.1) is 13.8 Å². The third-order valence-corrected chi connectivity index (χ3v) is 8.76. The Labute approximate surface area is 212 Å². The summed E-state index contributed by atoms with van der Waals surface area (Å²) in [6, 6.07) is 12.3. The summed E-state index contributed by atoms with van der Waals surface area (Å²) in [4.78, 5) is -0.0633. The first kappa shape index (κ1) is 28.7. The lowest BCUT2D eigenvalue weighted by molar-refractivity contribution is -0.450. The Morgan fingerprint density at radius 3 is 1.25 bits per heavy atom. The van der Waals surface area contributed by atoms with Crippen molar-refractivity contribution >= 4 is 20.2 Å². The van der Waals surface area contributed by atoms with Gasteiger partial charge in [-0.05, 0) is 52.0 Å². The molecule has 1 saturated heterocycles. The number of aryl methyl sites for hydroxylation is 2. The lowest BCUT2D eigenvalue weighted by Gasteiger charge is -2.51. The van der Waals surface area contributed by atoms with Gasteiger partial charge in [-0.1, -0.05) is 35.4 Å². The molecular weight excluding hydrogens is 512 g/mol. The van der Waals surface area contributed by atoms with Crippen LogP contribution in [0.1, 0.15) is 25.0 Å². The molecule has 0 amide bonds. The maximum atomic E-state index is 12.7. The van der Waals surface area contributed by atoms with Crippen molar-refractivity contribution in [3.8, 4) is 0 Å². The van der Waals surface area contributed by atoms with E-state index in [2.05, 4.69) is 0 Å². The summed E-state index contributed by atoms with van der Waals surface area (Å²) >= 11 is 0. The van der Waals surface area contributed by atoms with Crippen molar-refractivity contribution in [1.82, 2.24) is 0 Å². The predicted octanol–water partition coefficient (Wildman–Crippen LogP) is 2.92. The molecule has 4 atom stereocenters. The molecule has 3 rings (SSSR count). The molecule has 2 aromatic rings. The van der Waals surface area contributed by atoms with Crippen LogP contribution in [0.3, 0.4) is 0 Å². The first-order chi connectivity index (χ1) is 16.7. The van der Waals surface area contributed by atoms with Gasteiger partial charge in [-0.15, -0.1) is 0 Å². The van der Waals surface area contributed by atoms with Gasteiger partial charge >= 0.3 is 0 Å². The second kappa shape index (κ2) is 10.8. The molecule has 1 aliphatic heterocycles. The quantitative estimate of drug-likeness (QED) is 0.412. The average molecular weight is 545 g/mol. The number of hydrogen-bond acceptors (Lipinski definition) is 10. The van der Waals surface area contributed by atoms with Crippen molar-refractivity contribution in [3.05, 3.63) is 59.7 Å². The SMILES string of the molecule is CO[C@@]1(C)O[C@@H](COS(=O)(=O)c2ccc(C)cc2)[C@H](COS(=O)(=O)c2ccc(C)cc2)O[C@@]1(C)OC. The summed E-state index contributed by atoms with van der Waals surface area (Å²) in [5.41, 5.74) is 1.78. The third-order valence-electron chi connectivity index (χ3n) is 6.17. The molecule has 12 heteroatoms. The monoisotopic (exact) mass is 544 g/mol. The zero-order valence-corrected chi connectivity index (χ0v) is 22.7. The highest BCUT2D eigenvalue weighted by Gasteiger charge is 2.57. The first-order valence-electron chi connectivity index (χ1n) is 11.1. The Morgan fingerprint density at radius 1 is 0.667 bits per heavy atom. The Balaban J connectivity index is 1.83. The topological polar surface area (TPSA) is 124 Å². The fraction of sp³-hybridized carbons (Fsp3) is 0.500. The average Bonchev–Trinajstić information content (AvgIpc) is 2.84. The first-order valence-corrected chi connectivity index (χ1v) is 13.9. The number of rotatable bonds is 10. The zero-order valence-electron chi connectivity index (χ0n) is 21.1. The fourth-order valence-corrected chi connectivity index (χ4v) is 5.39. The van der Waals surface area contributed by atoms with Crippen molar-refractivity contribution in [2.45, 2.75) is 61.3 Å². The highest BCUT2D eigenvalue weighted by molar-refractivity contribution is 7.87. The summed E-state index contributed by atoms with van der Waals surface area (Å²) in [6.07, 6.45) is -2.18. The van der Waals surface area contributed by atoms with Crippen molar-refractivity contribution < 1.29 is 44.1 Å². The van der Waals surface area contributed by atoms with Crippen molar-refractivity contribution in [2.75, 3.05) is 27.4 Å². The van der Waals surface area contributed by atoms with E-state index in [1.807, 2.05) is 13.8 Å². The molecular formula is C24H32O10S2. The zero-order chi connectivity index (χ0) is 26.8. The number of hydrogen-bond donors (Lipinski definition) is 0. The van der Waals surface area contributed by atoms with Crippen LogP contribution in [0.2, 0.25) is 0 Å². The summed E-state index contributed by atoms with van der Waals surface area (Å²) in [7, 11) is -5.52. The molecule has 0 spiro atoms. The summed E-state index contributed by atoms with van der Waals surface area (Å²) in [6.45, 7) is 5.79. The van der Waals surface area contributed by atoms with E-state index >= 15 is 0 Å². The molecule has 0 bridgehead atoms. The maximum absolute atomic E-state index is 12.7. The van der Waals surface area contributed by atoms with Crippen molar-refractivity contribution in [2.24, 2.45) is 0 Å². The lowest BCUT2D eigenvalue weighted by Crippen LogP contribution is -2.66. The van der Waals surface area contributed by atoms with Crippen molar-refractivity contribution in [3.63, 3.8) is 0 Å². The van der Waals surface area contributed by atoms with Crippen LogP contribution in [0.4, 0.5) is 0 Å². The van der Waals surface area contributed by atoms with Gasteiger partial charge in [0.1, 0.15) is 12.2 Å². The Bertz CT molecular complexity index is 1140. The van der Waals surface area contributed by atoms with E-state index in [-0.39, 0.29) is 9.79 Å². The predicted molar refractivity (Wildman–Crippen MR) is 129 cm³/mol. The van der Waals surface area contributed by atoms with E-state index in [4.69, 9.17) is 27.3 Å². The molecule has 0 radical (unpaired) electrons. The molecule has 2 aromatic carbocycles. The van der Waals surface area contributed by atoms with Gasteiger partial charge in [-0.25, -0.2) is 0 Å². The van der Waals surface area contributed by atoms with Crippen LogP contribution in [0.25, 0.3) is 0 Å². The Morgan fingerprint density at radius 2 is 0.972 bits per heavy atom. The van der Waals surface area contributed by atoms with Gasteiger partial charge in [0.2, 0.25) is 11.6 Å². The molecule has 36 heavy (non-hydrogen) atoms. The largest absolute Gasteiger partial charge is 0.349 e. The van der Waals surface area contributed by atoms with Crippen LogP contribution in [-0.2, 0) is 47.5 Å². The molecule has 0 unspecified atom stereocenters. The molecule has 0 N–H and O–H groups in total. The van der Waals surface area contributed by atoms with Crippen LogP contribution in [0.5, 0.6) is 0 Å². The van der Waals surface area contributed by atoms with Gasteiger partial charge in [0.05, 0.1) is 23.0 Å². The van der Waals surface area contributed by atoms with E-state index in [0.29, 0.717) is 0 Å². The van der Waals surface area contributed by atoms with Crippen LogP contribution < -0.4 is 0 Å². The highest BCUT2D eigenvalue weighted by Crippen LogP contribution is 2.39. The van der Waals surface area contributed by atoms with E-state index < -0.39 is 57.2 Å². The summed E-state index contributed by atoms with van der Waals surface area (Å²) in [5, 5.41) is 0. The van der Waals surface area contributed by atoms with Gasteiger partial charge in [-0.2, -0.15) is 16.8 Å². The van der Waals surface area contributed by atoms with Crippen LogP contribution in [-0.4, -0.2) is 68.1 Å². The minimum Gasteiger partial charge on any atom is -0.349 e.